The summed E-state index contributed by atoms with van der Waals surface area (Å²) >= 11 is 5.77. The Bertz CT molecular complexity index is 309. The van der Waals surface area contributed by atoms with Gasteiger partial charge in [-0.1, -0.05) is 62.9 Å². The molecule has 0 aromatic carbocycles. The van der Waals surface area contributed by atoms with Gasteiger partial charge in [0.2, 0.25) is 0 Å². The van der Waals surface area contributed by atoms with Crippen molar-refractivity contribution in [1.29, 1.82) is 0 Å². The molecule has 1 aromatic rings. The molecule has 0 fully saturated rings. The Morgan fingerprint density at radius 1 is 1.25 bits per heavy atom. The lowest BCUT2D eigenvalue weighted by molar-refractivity contribution is 0.604. The van der Waals surface area contributed by atoms with Crippen LogP contribution < -0.4 is 0 Å². The molecule has 0 aliphatic rings. The minimum atomic E-state index is 0.291. The monoisotopic (exact) mass is 302 g/mol. The fourth-order valence-electron chi connectivity index (χ4n) is 1.64. The highest BCUT2D eigenvalue weighted by Gasteiger charge is 2.18. The third kappa shape index (κ3) is 4.21. The predicted molar refractivity (Wildman–Crippen MR) is 78.8 cm³/mol. The zero-order valence-corrected chi connectivity index (χ0v) is 13.2. The van der Waals surface area contributed by atoms with Gasteiger partial charge >= 0.3 is 0 Å². The van der Waals surface area contributed by atoms with Crippen LogP contribution in [0.3, 0.4) is 0 Å². The van der Waals surface area contributed by atoms with Crippen LogP contribution in [0, 0.1) is 0 Å². The van der Waals surface area contributed by atoms with E-state index in [1.807, 2.05) is 11.3 Å². The van der Waals surface area contributed by atoms with Crippen LogP contribution in [0.4, 0.5) is 0 Å². The Balaban J connectivity index is 2.56. The second kappa shape index (κ2) is 6.20. The Hall–Kier alpha value is 0.180. The van der Waals surface area contributed by atoms with Crippen molar-refractivity contribution in [2.75, 3.05) is 0 Å². The number of unbranched alkanes of at least 4 members (excludes halogenated alkanes) is 2. The number of hydrogen-bond acceptors (Lipinski definition) is 1. The standard InChI is InChI=1S/C14H23BrS/c1-5-6-7-8-11(15)12-9-10-13(16-12)14(2,3)4/h9-11H,5-8H2,1-4H3. The molecule has 1 heterocycles. The number of hydrogen-bond donors (Lipinski definition) is 0. The van der Waals surface area contributed by atoms with Crippen molar-refractivity contribution in [3.63, 3.8) is 0 Å². The Labute approximate surface area is 113 Å². The summed E-state index contributed by atoms with van der Waals surface area (Å²) in [6.45, 7) is 9.10. The first-order valence-corrected chi connectivity index (χ1v) is 7.92. The Kier molecular flexibility index (Phi) is 5.52. The van der Waals surface area contributed by atoms with Gasteiger partial charge in [0.25, 0.3) is 0 Å². The maximum atomic E-state index is 3.81. The molecule has 2 heteroatoms. The third-order valence-corrected chi connectivity index (χ3v) is 5.61. The summed E-state index contributed by atoms with van der Waals surface area (Å²) in [5.41, 5.74) is 0.291. The van der Waals surface area contributed by atoms with Gasteiger partial charge in [-0.2, -0.15) is 0 Å². The average Bonchev–Trinajstić information content (AvgIpc) is 2.66. The fraction of sp³-hybridized carbons (Fsp3) is 0.714. The first-order chi connectivity index (χ1) is 7.45. The minimum Gasteiger partial charge on any atom is -0.144 e. The summed E-state index contributed by atoms with van der Waals surface area (Å²) < 4.78 is 0. The highest BCUT2D eigenvalue weighted by atomic mass is 79.9. The normalized spacial score (nSPS) is 14.1. The molecule has 0 aliphatic heterocycles. The van der Waals surface area contributed by atoms with Crippen LogP contribution in [-0.2, 0) is 5.41 Å². The molecule has 1 rings (SSSR count). The first-order valence-electron chi connectivity index (χ1n) is 6.19. The van der Waals surface area contributed by atoms with Crippen LogP contribution in [0.1, 0.15) is 68.0 Å². The number of thiophene rings is 1. The van der Waals surface area contributed by atoms with E-state index in [1.165, 1.54) is 35.4 Å². The number of rotatable bonds is 5. The largest absolute Gasteiger partial charge is 0.144 e. The summed E-state index contributed by atoms with van der Waals surface area (Å²) in [4.78, 5) is 3.53. The van der Waals surface area contributed by atoms with Crippen LogP contribution in [-0.4, -0.2) is 0 Å². The highest BCUT2D eigenvalue weighted by Crippen LogP contribution is 2.37. The van der Waals surface area contributed by atoms with Gasteiger partial charge in [-0.3, -0.25) is 0 Å². The van der Waals surface area contributed by atoms with E-state index in [0.29, 0.717) is 10.2 Å². The van der Waals surface area contributed by atoms with E-state index in [2.05, 4.69) is 55.8 Å². The van der Waals surface area contributed by atoms with Crippen LogP contribution in [0.5, 0.6) is 0 Å². The van der Waals surface area contributed by atoms with E-state index < -0.39 is 0 Å². The van der Waals surface area contributed by atoms with Gasteiger partial charge in [0, 0.05) is 14.6 Å². The van der Waals surface area contributed by atoms with Crippen molar-refractivity contribution in [3.8, 4) is 0 Å². The van der Waals surface area contributed by atoms with E-state index >= 15 is 0 Å². The smallest absolute Gasteiger partial charge is 0.0489 e. The molecule has 0 nitrogen and oxygen atoms in total. The number of halogens is 1. The van der Waals surface area contributed by atoms with Gasteiger partial charge in [-0.15, -0.1) is 11.3 Å². The molecule has 0 saturated heterocycles. The fourth-order valence-corrected chi connectivity index (χ4v) is 3.47. The van der Waals surface area contributed by atoms with Gasteiger partial charge in [0.05, 0.1) is 0 Å². The Morgan fingerprint density at radius 3 is 2.44 bits per heavy atom. The second-order valence-corrected chi connectivity index (χ2v) is 7.64. The summed E-state index contributed by atoms with van der Waals surface area (Å²) in [5.74, 6) is 0. The molecular weight excluding hydrogens is 280 g/mol. The number of alkyl halides is 1. The van der Waals surface area contributed by atoms with Crippen LogP contribution in [0.2, 0.25) is 0 Å². The summed E-state index contributed by atoms with van der Waals surface area (Å²) in [6, 6.07) is 4.57. The van der Waals surface area contributed by atoms with Crippen molar-refractivity contribution in [1.82, 2.24) is 0 Å². The summed E-state index contributed by atoms with van der Waals surface area (Å²) in [7, 11) is 0. The maximum Gasteiger partial charge on any atom is 0.0489 e. The Morgan fingerprint density at radius 2 is 1.94 bits per heavy atom. The molecule has 1 aromatic heterocycles. The molecule has 16 heavy (non-hydrogen) atoms. The van der Waals surface area contributed by atoms with Gasteiger partial charge in [0.15, 0.2) is 0 Å². The molecule has 0 N–H and O–H groups in total. The van der Waals surface area contributed by atoms with Crippen LogP contribution >= 0.6 is 27.3 Å². The topological polar surface area (TPSA) is 0 Å². The van der Waals surface area contributed by atoms with Crippen molar-refractivity contribution >= 4 is 27.3 Å². The summed E-state index contributed by atoms with van der Waals surface area (Å²) in [6.07, 6.45) is 5.24. The molecule has 0 saturated carbocycles. The average molecular weight is 303 g/mol. The van der Waals surface area contributed by atoms with E-state index in [4.69, 9.17) is 0 Å². The van der Waals surface area contributed by atoms with Crippen molar-refractivity contribution in [2.24, 2.45) is 0 Å². The van der Waals surface area contributed by atoms with Crippen LogP contribution in [0.25, 0.3) is 0 Å². The van der Waals surface area contributed by atoms with Crippen molar-refractivity contribution < 1.29 is 0 Å². The molecular formula is C14H23BrS. The van der Waals surface area contributed by atoms with Gasteiger partial charge < -0.3 is 0 Å². The second-order valence-electron chi connectivity index (χ2n) is 5.42. The molecule has 92 valence electrons. The van der Waals surface area contributed by atoms with Crippen molar-refractivity contribution in [2.45, 2.75) is 63.6 Å². The molecule has 1 unspecified atom stereocenters. The maximum absolute atomic E-state index is 3.81. The predicted octanol–water partition coefficient (Wildman–Crippen LogP) is 6.06. The molecule has 1 atom stereocenters. The molecule has 0 bridgehead atoms. The van der Waals surface area contributed by atoms with E-state index in [0.717, 1.165) is 0 Å². The molecule has 0 amide bonds. The van der Waals surface area contributed by atoms with Crippen LogP contribution in [0.15, 0.2) is 12.1 Å². The summed E-state index contributed by atoms with van der Waals surface area (Å²) in [5, 5.41) is 0. The molecule has 0 aliphatic carbocycles. The molecule has 0 spiro atoms. The first kappa shape index (κ1) is 14.2. The van der Waals surface area contributed by atoms with Gasteiger partial charge in [0.1, 0.15) is 0 Å². The van der Waals surface area contributed by atoms with Gasteiger partial charge in [-0.25, -0.2) is 0 Å². The third-order valence-electron chi connectivity index (χ3n) is 2.74. The zero-order chi connectivity index (χ0) is 12.2. The van der Waals surface area contributed by atoms with Crippen molar-refractivity contribution in [3.05, 3.63) is 21.9 Å². The SMILES string of the molecule is CCCCCC(Br)c1ccc(C(C)(C)C)s1. The van der Waals surface area contributed by atoms with Gasteiger partial charge in [-0.05, 0) is 24.0 Å². The van der Waals surface area contributed by atoms with E-state index in [-0.39, 0.29) is 0 Å². The molecule has 0 radical (unpaired) electrons. The quantitative estimate of drug-likeness (QED) is 0.458. The zero-order valence-electron chi connectivity index (χ0n) is 10.8. The van der Waals surface area contributed by atoms with E-state index in [1.54, 1.807) is 0 Å². The lowest BCUT2D eigenvalue weighted by Gasteiger charge is -2.15. The lowest BCUT2D eigenvalue weighted by atomic mass is 9.95. The minimum absolute atomic E-state index is 0.291. The lowest BCUT2D eigenvalue weighted by Crippen LogP contribution is -2.07. The highest BCUT2D eigenvalue weighted by molar-refractivity contribution is 9.09. The van der Waals surface area contributed by atoms with E-state index in [9.17, 15) is 0 Å².